The Labute approximate surface area is 178 Å². The zero-order chi connectivity index (χ0) is 23.0. The van der Waals surface area contributed by atoms with Crippen molar-refractivity contribution >= 4 is 11.7 Å². The molecule has 0 saturated carbocycles. The minimum Gasteiger partial charge on any atom is -0.464 e. The van der Waals surface area contributed by atoms with Crippen molar-refractivity contribution in [3.8, 4) is 0 Å². The summed E-state index contributed by atoms with van der Waals surface area (Å²) >= 11 is 0. The third kappa shape index (κ3) is 6.28. The standard InChI is InChI=1S/C22H25F3N2O4/c1-5-19(15-9-7-10-16(12-15)22(23,24)25)26-31-13-18-14(2)8-6-11-17(18)20(27-30-4)21(28)29-3/h6-12,19,26H,5,13H2,1-4H3/b27-20+. The number of esters is 1. The molecule has 2 rings (SSSR count). The van der Waals surface area contributed by atoms with E-state index in [-0.39, 0.29) is 12.3 Å². The van der Waals surface area contributed by atoms with Gasteiger partial charge in [-0.1, -0.05) is 42.4 Å². The molecule has 0 aliphatic heterocycles. The molecule has 1 atom stereocenters. The van der Waals surface area contributed by atoms with Gasteiger partial charge >= 0.3 is 12.1 Å². The number of hydrogen-bond acceptors (Lipinski definition) is 6. The second kappa shape index (κ2) is 10.9. The summed E-state index contributed by atoms with van der Waals surface area (Å²) in [6.45, 7) is 3.71. The summed E-state index contributed by atoms with van der Waals surface area (Å²) in [7, 11) is 2.55. The average molecular weight is 438 g/mol. The molecule has 0 heterocycles. The van der Waals surface area contributed by atoms with Gasteiger partial charge in [0.05, 0.1) is 25.3 Å². The molecule has 1 unspecified atom stereocenters. The van der Waals surface area contributed by atoms with Crippen LogP contribution in [-0.2, 0) is 32.0 Å². The molecular formula is C22H25F3N2O4. The second-order valence-corrected chi connectivity index (χ2v) is 6.71. The molecule has 0 spiro atoms. The van der Waals surface area contributed by atoms with Crippen molar-refractivity contribution in [2.45, 2.75) is 39.1 Å². The largest absolute Gasteiger partial charge is 0.464 e. The number of hydroxylamine groups is 1. The van der Waals surface area contributed by atoms with Gasteiger partial charge in [-0.3, -0.25) is 4.84 Å². The first-order valence-corrected chi connectivity index (χ1v) is 9.55. The van der Waals surface area contributed by atoms with Gasteiger partial charge in [-0.25, -0.2) is 4.79 Å². The first-order valence-electron chi connectivity index (χ1n) is 9.55. The van der Waals surface area contributed by atoms with Crippen LogP contribution in [0.15, 0.2) is 47.6 Å². The minimum absolute atomic E-state index is 0.0165. The third-order valence-corrected chi connectivity index (χ3v) is 4.69. The molecule has 0 aliphatic carbocycles. The number of methoxy groups -OCH3 is 1. The number of carbonyl (C=O) groups is 1. The highest BCUT2D eigenvalue weighted by atomic mass is 19.4. The fraction of sp³-hybridized carbons (Fsp3) is 0.364. The molecule has 0 aliphatic rings. The highest BCUT2D eigenvalue weighted by molar-refractivity contribution is 6.43. The van der Waals surface area contributed by atoms with Crippen LogP contribution in [0, 0.1) is 6.92 Å². The number of ether oxygens (including phenoxy) is 1. The summed E-state index contributed by atoms with van der Waals surface area (Å²) in [6.07, 6.45) is -3.92. The Morgan fingerprint density at radius 1 is 1.16 bits per heavy atom. The lowest BCUT2D eigenvalue weighted by atomic mass is 9.99. The van der Waals surface area contributed by atoms with Gasteiger partial charge in [0.1, 0.15) is 7.11 Å². The van der Waals surface area contributed by atoms with Crippen LogP contribution >= 0.6 is 0 Å². The third-order valence-electron chi connectivity index (χ3n) is 4.69. The number of aryl methyl sites for hydroxylation is 1. The molecule has 2 aromatic carbocycles. The van der Waals surface area contributed by atoms with Crippen molar-refractivity contribution in [3.63, 3.8) is 0 Å². The Hall–Kier alpha value is -2.91. The molecule has 2 aromatic rings. The molecule has 0 aromatic heterocycles. The van der Waals surface area contributed by atoms with Crippen LogP contribution in [0.4, 0.5) is 13.2 Å². The van der Waals surface area contributed by atoms with Crippen LogP contribution in [-0.4, -0.2) is 25.9 Å². The molecular weight excluding hydrogens is 413 g/mol. The summed E-state index contributed by atoms with van der Waals surface area (Å²) in [4.78, 5) is 22.5. The quantitative estimate of drug-likeness (QED) is 0.349. The monoisotopic (exact) mass is 438 g/mol. The highest BCUT2D eigenvalue weighted by Crippen LogP contribution is 2.31. The SMILES string of the molecule is CCC(NOCc1c(C)cccc1/C(=N\OC)C(=O)OC)c1cccc(C(F)(F)F)c1. The number of halogens is 3. The number of benzene rings is 2. The fourth-order valence-electron chi connectivity index (χ4n) is 3.03. The van der Waals surface area contributed by atoms with E-state index in [2.05, 4.69) is 10.6 Å². The van der Waals surface area contributed by atoms with Crippen LogP contribution in [0.2, 0.25) is 0 Å². The van der Waals surface area contributed by atoms with E-state index >= 15 is 0 Å². The number of nitrogens with one attached hydrogen (secondary N) is 1. The molecule has 0 fully saturated rings. The van der Waals surface area contributed by atoms with Gasteiger partial charge in [-0.05, 0) is 42.2 Å². The Kier molecular flexibility index (Phi) is 8.58. The number of rotatable bonds is 9. The summed E-state index contributed by atoms with van der Waals surface area (Å²) in [5.74, 6) is -0.669. The van der Waals surface area contributed by atoms with E-state index < -0.39 is 23.8 Å². The van der Waals surface area contributed by atoms with E-state index in [1.807, 2.05) is 19.9 Å². The maximum Gasteiger partial charge on any atom is 0.416 e. The maximum absolute atomic E-state index is 13.0. The van der Waals surface area contributed by atoms with Crippen LogP contribution < -0.4 is 5.48 Å². The predicted molar refractivity (Wildman–Crippen MR) is 109 cm³/mol. The summed E-state index contributed by atoms with van der Waals surface area (Å²) < 4.78 is 43.8. The Bertz CT molecular complexity index is 929. The van der Waals surface area contributed by atoms with E-state index in [1.54, 1.807) is 18.2 Å². The van der Waals surface area contributed by atoms with E-state index in [9.17, 15) is 18.0 Å². The molecule has 31 heavy (non-hydrogen) atoms. The van der Waals surface area contributed by atoms with Gasteiger partial charge in [0, 0.05) is 5.56 Å². The summed E-state index contributed by atoms with van der Waals surface area (Å²) in [5, 5.41) is 3.77. The van der Waals surface area contributed by atoms with Gasteiger partial charge in [0.2, 0.25) is 0 Å². The van der Waals surface area contributed by atoms with Gasteiger partial charge in [-0.15, -0.1) is 0 Å². The Balaban J connectivity index is 2.22. The lowest BCUT2D eigenvalue weighted by molar-refractivity contribution is -0.137. The van der Waals surface area contributed by atoms with Crippen LogP contribution in [0.5, 0.6) is 0 Å². The van der Waals surface area contributed by atoms with Crippen LogP contribution in [0.1, 0.15) is 47.2 Å². The minimum atomic E-state index is -4.42. The molecule has 9 heteroatoms. The molecule has 0 amide bonds. The lowest BCUT2D eigenvalue weighted by Crippen LogP contribution is -2.24. The molecule has 0 saturated heterocycles. The second-order valence-electron chi connectivity index (χ2n) is 6.71. The first-order chi connectivity index (χ1) is 14.7. The van der Waals surface area contributed by atoms with Crippen molar-refractivity contribution in [3.05, 3.63) is 70.3 Å². The fourth-order valence-corrected chi connectivity index (χ4v) is 3.03. The van der Waals surface area contributed by atoms with Gasteiger partial charge < -0.3 is 9.57 Å². The molecule has 168 valence electrons. The normalized spacial score (nSPS) is 13.1. The highest BCUT2D eigenvalue weighted by Gasteiger charge is 2.31. The summed E-state index contributed by atoms with van der Waals surface area (Å²) in [5.41, 5.74) is 4.52. The van der Waals surface area contributed by atoms with E-state index in [0.29, 0.717) is 23.1 Å². The van der Waals surface area contributed by atoms with Crippen molar-refractivity contribution in [2.24, 2.45) is 5.16 Å². The Morgan fingerprint density at radius 2 is 1.87 bits per heavy atom. The zero-order valence-corrected chi connectivity index (χ0v) is 17.7. The van der Waals surface area contributed by atoms with Crippen LogP contribution in [0.3, 0.4) is 0 Å². The number of nitrogens with zero attached hydrogens (tertiary/aromatic N) is 1. The number of carbonyl (C=O) groups excluding carboxylic acids is 1. The predicted octanol–water partition coefficient (Wildman–Crippen LogP) is 4.71. The number of oxime groups is 1. The van der Waals surface area contributed by atoms with Crippen molar-refractivity contribution in [1.29, 1.82) is 0 Å². The Morgan fingerprint density at radius 3 is 2.48 bits per heavy atom. The van der Waals surface area contributed by atoms with E-state index in [4.69, 9.17) is 14.4 Å². The topological polar surface area (TPSA) is 69.1 Å². The van der Waals surface area contributed by atoms with Crippen molar-refractivity contribution in [1.82, 2.24) is 5.48 Å². The van der Waals surface area contributed by atoms with Gasteiger partial charge in [0.25, 0.3) is 0 Å². The number of hydrogen-bond donors (Lipinski definition) is 1. The zero-order valence-electron chi connectivity index (χ0n) is 17.7. The average Bonchev–Trinajstić information content (AvgIpc) is 2.75. The summed E-state index contributed by atoms with van der Waals surface area (Å²) in [6, 6.07) is 9.93. The first kappa shape index (κ1) is 24.4. The smallest absolute Gasteiger partial charge is 0.416 e. The molecule has 1 N–H and O–H groups in total. The lowest BCUT2D eigenvalue weighted by Gasteiger charge is -2.20. The van der Waals surface area contributed by atoms with Crippen LogP contribution in [0.25, 0.3) is 0 Å². The molecule has 0 radical (unpaired) electrons. The molecule has 6 nitrogen and oxygen atoms in total. The van der Waals surface area contributed by atoms with Gasteiger partial charge in [0.15, 0.2) is 5.71 Å². The van der Waals surface area contributed by atoms with E-state index in [0.717, 1.165) is 17.7 Å². The molecule has 0 bridgehead atoms. The van der Waals surface area contributed by atoms with Crippen molar-refractivity contribution < 1.29 is 32.4 Å². The van der Waals surface area contributed by atoms with Gasteiger partial charge in [-0.2, -0.15) is 18.7 Å². The van der Waals surface area contributed by atoms with E-state index in [1.165, 1.54) is 20.3 Å². The van der Waals surface area contributed by atoms with Crippen molar-refractivity contribution in [2.75, 3.05) is 14.2 Å². The number of alkyl halides is 3. The maximum atomic E-state index is 13.0.